The van der Waals surface area contributed by atoms with Crippen molar-refractivity contribution in [3.8, 4) is 5.75 Å². The van der Waals surface area contributed by atoms with Gasteiger partial charge >= 0.3 is 0 Å². The van der Waals surface area contributed by atoms with Crippen molar-refractivity contribution in [3.05, 3.63) is 63.2 Å². The minimum absolute atomic E-state index is 0.451. The molecule has 0 saturated carbocycles. The highest BCUT2D eigenvalue weighted by Crippen LogP contribution is 2.14. The summed E-state index contributed by atoms with van der Waals surface area (Å²) >= 11 is 2.25. The van der Waals surface area contributed by atoms with E-state index in [2.05, 4.69) is 41.6 Å². The third-order valence-corrected chi connectivity index (χ3v) is 3.03. The quantitative estimate of drug-likeness (QED) is 0.474. The summed E-state index contributed by atoms with van der Waals surface area (Å²) in [6.07, 6.45) is 0. The minimum Gasteiger partial charge on any atom is -0.337 e. The van der Waals surface area contributed by atoms with E-state index in [1.165, 1.54) is 9.13 Å². The molecule has 0 aliphatic rings. The maximum atomic E-state index is 5.19. The van der Waals surface area contributed by atoms with E-state index in [1.54, 1.807) is 0 Å². The van der Waals surface area contributed by atoms with E-state index in [9.17, 15) is 0 Å². The van der Waals surface area contributed by atoms with Crippen molar-refractivity contribution in [1.82, 2.24) is 0 Å². The van der Waals surface area contributed by atoms with Gasteiger partial charge in [-0.2, -0.15) is 4.89 Å². The van der Waals surface area contributed by atoms with Crippen LogP contribution >= 0.6 is 22.6 Å². The molecule has 2 aromatic carbocycles. The molecule has 0 N–H and O–H groups in total. The van der Waals surface area contributed by atoms with Gasteiger partial charge in [-0.05, 0) is 59.3 Å². The lowest BCUT2D eigenvalue weighted by Gasteiger charge is -2.05. The van der Waals surface area contributed by atoms with E-state index in [0.717, 1.165) is 11.3 Å². The normalized spacial score (nSPS) is 10.2. The average molecular weight is 340 g/mol. The fourth-order valence-corrected chi connectivity index (χ4v) is 1.70. The van der Waals surface area contributed by atoms with Gasteiger partial charge in [-0.25, -0.2) is 0 Å². The molecule has 0 aliphatic carbocycles. The van der Waals surface area contributed by atoms with Crippen LogP contribution in [0.4, 0.5) is 0 Å². The van der Waals surface area contributed by atoms with Gasteiger partial charge < -0.3 is 4.89 Å². The van der Waals surface area contributed by atoms with Crippen LogP contribution in [0.5, 0.6) is 5.75 Å². The maximum absolute atomic E-state index is 5.19. The predicted octanol–water partition coefficient (Wildman–Crippen LogP) is 4.11. The summed E-state index contributed by atoms with van der Waals surface area (Å²) in [5, 5.41) is 0. The summed E-state index contributed by atoms with van der Waals surface area (Å²) < 4.78 is 1.17. The van der Waals surface area contributed by atoms with Gasteiger partial charge in [-0.15, -0.1) is 0 Å². The molecular formula is C14H13IO2. The molecular weight excluding hydrogens is 327 g/mol. The SMILES string of the molecule is Cc1ccc(COOc2ccc(I)cc2)cc1. The maximum Gasteiger partial charge on any atom is 0.165 e. The minimum atomic E-state index is 0.451. The van der Waals surface area contributed by atoms with Crippen LogP contribution in [0.3, 0.4) is 0 Å². The highest BCUT2D eigenvalue weighted by atomic mass is 127. The van der Waals surface area contributed by atoms with Crippen LogP contribution in [-0.4, -0.2) is 0 Å². The Morgan fingerprint density at radius 3 is 2.24 bits per heavy atom. The first-order valence-electron chi connectivity index (χ1n) is 5.34. The van der Waals surface area contributed by atoms with Crippen molar-refractivity contribution < 1.29 is 9.78 Å². The smallest absolute Gasteiger partial charge is 0.165 e. The zero-order valence-corrected chi connectivity index (χ0v) is 11.7. The number of aryl methyl sites for hydroxylation is 1. The van der Waals surface area contributed by atoms with Crippen LogP contribution < -0.4 is 4.89 Å². The molecule has 0 spiro atoms. The molecule has 2 rings (SSSR count). The lowest BCUT2D eigenvalue weighted by atomic mass is 10.2. The topological polar surface area (TPSA) is 18.5 Å². The number of rotatable bonds is 4. The van der Waals surface area contributed by atoms with Crippen LogP contribution in [0.25, 0.3) is 0 Å². The predicted molar refractivity (Wildman–Crippen MR) is 75.8 cm³/mol. The standard InChI is InChI=1S/C14H13IO2/c1-11-2-4-12(5-3-11)10-16-17-14-8-6-13(15)7-9-14/h2-9H,10H2,1H3. The lowest BCUT2D eigenvalue weighted by Crippen LogP contribution is -1.97. The molecule has 2 aromatic rings. The summed E-state index contributed by atoms with van der Waals surface area (Å²) in [5.74, 6) is 0.720. The Labute approximate surface area is 115 Å². The molecule has 3 heteroatoms. The van der Waals surface area contributed by atoms with Crippen molar-refractivity contribution in [1.29, 1.82) is 0 Å². The first kappa shape index (κ1) is 12.4. The fourth-order valence-electron chi connectivity index (χ4n) is 1.34. The van der Waals surface area contributed by atoms with E-state index in [0.29, 0.717) is 6.61 Å². The summed E-state index contributed by atoms with van der Waals surface area (Å²) in [4.78, 5) is 10.4. The van der Waals surface area contributed by atoms with Gasteiger partial charge in [0.05, 0.1) is 0 Å². The molecule has 0 fully saturated rings. The van der Waals surface area contributed by atoms with Gasteiger partial charge in [0.2, 0.25) is 0 Å². The second kappa shape index (κ2) is 6.02. The number of hydrogen-bond donors (Lipinski definition) is 0. The Kier molecular flexibility index (Phi) is 4.39. The molecule has 88 valence electrons. The van der Waals surface area contributed by atoms with Crippen molar-refractivity contribution in [2.75, 3.05) is 0 Å². The first-order valence-corrected chi connectivity index (χ1v) is 6.42. The van der Waals surface area contributed by atoms with E-state index >= 15 is 0 Å². The van der Waals surface area contributed by atoms with E-state index in [-0.39, 0.29) is 0 Å². The van der Waals surface area contributed by atoms with Crippen LogP contribution in [-0.2, 0) is 11.5 Å². The van der Waals surface area contributed by atoms with E-state index < -0.39 is 0 Å². The fraction of sp³-hybridized carbons (Fsp3) is 0.143. The molecule has 0 saturated heterocycles. The summed E-state index contributed by atoms with van der Waals surface area (Å²) in [6.45, 7) is 2.51. The molecule has 0 radical (unpaired) electrons. The number of halogens is 1. The zero-order chi connectivity index (χ0) is 12.1. The average Bonchev–Trinajstić information content (AvgIpc) is 2.34. The van der Waals surface area contributed by atoms with Gasteiger partial charge in [-0.1, -0.05) is 29.8 Å². The molecule has 0 aromatic heterocycles. The number of benzene rings is 2. The van der Waals surface area contributed by atoms with Gasteiger partial charge in [-0.3, -0.25) is 0 Å². The zero-order valence-electron chi connectivity index (χ0n) is 9.52. The molecule has 0 unspecified atom stereocenters. The molecule has 0 amide bonds. The van der Waals surface area contributed by atoms with Crippen molar-refractivity contribution in [2.45, 2.75) is 13.5 Å². The summed E-state index contributed by atoms with van der Waals surface area (Å²) in [5.41, 5.74) is 2.34. The molecule has 2 nitrogen and oxygen atoms in total. The van der Waals surface area contributed by atoms with Gasteiger partial charge in [0.15, 0.2) is 5.75 Å². The Balaban J connectivity index is 1.83. The van der Waals surface area contributed by atoms with Crippen LogP contribution in [0, 0.1) is 10.5 Å². The highest BCUT2D eigenvalue weighted by Gasteiger charge is 1.96. The van der Waals surface area contributed by atoms with Gasteiger partial charge in [0.1, 0.15) is 6.61 Å². The Morgan fingerprint density at radius 2 is 1.59 bits per heavy atom. The van der Waals surface area contributed by atoms with Crippen LogP contribution in [0.15, 0.2) is 48.5 Å². The third-order valence-electron chi connectivity index (χ3n) is 2.31. The number of hydrogen-bond acceptors (Lipinski definition) is 2. The second-order valence-electron chi connectivity index (χ2n) is 3.79. The van der Waals surface area contributed by atoms with Gasteiger partial charge in [0.25, 0.3) is 0 Å². The Hall–Kier alpha value is -1.07. The monoisotopic (exact) mass is 340 g/mol. The Bertz CT molecular complexity index is 417. The van der Waals surface area contributed by atoms with Crippen LogP contribution in [0.2, 0.25) is 0 Å². The van der Waals surface area contributed by atoms with Crippen LogP contribution in [0.1, 0.15) is 11.1 Å². The molecule has 0 atom stereocenters. The Morgan fingerprint density at radius 1 is 0.941 bits per heavy atom. The lowest BCUT2D eigenvalue weighted by molar-refractivity contribution is -0.217. The summed E-state index contributed by atoms with van der Waals surface area (Å²) in [7, 11) is 0. The van der Waals surface area contributed by atoms with E-state index in [4.69, 9.17) is 9.78 Å². The van der Waals surface area contributed by atoms with Crippen molar-refractivity contribution >= 4 is 22.6 Å². The van der Waals surface area contributed by atoms with Crippen molar-refractivity contribution in [2.24, 2.45) is 0 Å². The molecule has 17 heavy (non-hydrogen) atoms. The van der Waals surface area contributed by atoms with Crippen molar-refractivity contribution in [3.63, 3.8) is 0 Å². The van der Waals surface area contributed by atoms with Gasteiger partial charge in [0, 0.05) is 3.57 Å². The summed E-state index contributed by atoms with van der Waals surface area (Å²) in [6, 6.07) is 15.9. The highest BCUT2D eigenvalue weighted by molar-refractivity contribution is 14.1. The molecule has 0 bridgehead atoms. The second-order valence-corrected chi connectivity index (χ2v) is 5.03. The molecule has 0 heterocycles. The first-order chi connectivity index (χ1) is 8.24. The third kappa shape index (κ3) is 4.02. The largest absolute Gasteiger partial charge is 0.337 e. The molecule has 0 aliphatic heterocycles. The van der Waals surface area contributed by atoms with E-state index in [1.807, 2.05) is 36.4 Å².